The molecule has 0 N–H and O–H groups in total. The first kappa shape index (κ1) is 23.8. The normalized spacial score (nSPS) is 19.0. The first-order valence-corrected chi connectivity index (χ1v) is 12.8. The van der Waals surface area contributed by atoms with Gasteiger partial charge in [-0.2, -0.15) is 4.31 Å². The molecule has 2 saturated heterocycles. The summed E-state index contributed by atoms with van der Waals surface area (Å²) in [5.74, 6) is -0.279. The molecule has 0 aliphatic carbocycles. The van der Waals surface area contributed by atoms with Gasteiger partial charge in [0.05, 0.1) is 11.4 Å². The number of nitrogens with zero attached hydrogens (tertiary/aromatic N) is 3. The molecule has 0 bridgehead atoms. The maximum absolute atomic E-state index is 13.4. The third kappa shape index (κ3) is 5.96. The van der Waals surface area contributed by atoms with Crippen molar-refractivity contribution in [2.24, 2.45) is 5.92 Å². The molecule has 33 heavy (non-hydrogen) atoms. The van der Waals surface area contributed by atoms with E-state index in [0.717, 1.165) is 44.0 Å². The Bertz CT molecular complexity index is 1060. The Hall–Kier alpha value is -2.36. The topological polar surface area (TPSA) is 60.9 Å². The average molecular weight is 478 g/mol. The minimum atomic E-state index is -3.77. The van der Waals surface area contributed by atoms with Crippen LogP contribution in [0.1, 0.15) is 18.4 Å². The standard InChI is InChI=1S/C24H29F2N3O3S/c25-21-6-4-19(5-7-21)16-20-8-10-27(11-9-20)18-24(30)28-12-14-29(15-13-28)33(31,32)23-3-1-2-22(26)17-23/h1-7,17,20H,8-16,18H2. The van der Waals surface area contributed by atoms with E-state index < -0.39 is 15.8 Å². The number of amides is 1. The van der Waals surface area contributed by atoms with Crippen molar-refractivity contribution in [1.82, 2.24) is 14.1 Å². The van der Waals surface area contributed by atoms with Crippen LogP contribution < -0.4 is 0 Å². The predicted molar refractivity (Wildman–Crippen MR) is 121 cm³/mol. The van der Waals surface area contributed by atoms with Gasteiger partial charge >= 0.3 is 0 Å². The Morgan fingerprint density at radius 1 is 0.879 bits per heavy atom. The minimum Gasteiger partial charge on any atom is -0.339 e. The van der Waals surface area contributed by atoms with Gasteiger partial charge in [0, 0.05) is 26.2 Å². The van der Waals surface area contributed by atoms with Gasteiger partial charge in [0.25, 0.3) is 0 Å². The number of carbonyl (C=O) groups is 1. The van der Waals surface area contributed by atoms with Crippen LogP contribution in [0.15, 0.2) is 53.4 Å². The summed E-state index contributed by atoms with van der Waals surface area (Å²) in [7, 11) is -3.77. The number of hydrogen-bond donors (Lipinski definition) is 0. The summed E-state index contributed by atoms with van der Waals surface area (Å²) in [5.41, 5.74) is 1.14. The Morgan fingerprint density at radius 3 is 2.18 bits per heavy atom. The lowest BCUT2D eigenvalue weighted by Gasteiger charge is -2.36. The van der Waals surface area contributed by atoms with E-state index in [9.17, 15) is 22.0 Å². The number of sulfonamides is 1. The van der Waals surface area contributed by atoms with Gasteiger partial charge in [-0.1, -0.05) is 18.2 Å². The Morgan fingerprint density at radius 2 is 1.55 bits per heavy atom. The summed E-state index contributed by atoms with van der Waals surface area (Å²) < 4.78 is 53.3. The van der Waals surface area contributed by atoms with Gasteiger partial charge in [-0.15, -0.1) is 0 Å². The van der Waals surface area contributed by atoms with Gasteiger partial charge in [0.1, 0.15) is 11.6 Å². The van der Waals surface area contributed by atoms with E-state index in [2.05, 4.69) is 4.90 Å². The number of hydrogen-bond acceptors (Lipinski definition) is 4. The zero-order valence-corrected chi connectivity index (χ0v) is 19.3. The Balaban J connectivity index is 1.22. The third-order valence-corrected chi connectivity index (χ3v) is 8.42. The SMILES string of the molecule is O=C(CN1CCC(Cc2ccc(F)cc2)CC1)N1CCN(S(=O)(=O)c2cccc(F)c2)CC1. The van der Waals surface area contributed by atoms with Crippen LogP contribution in [0, 0.1) is 17.6 Å². The zero-order valence-electron chi connectivity index (χ0n) is 18.5. The zero-order chi connectivity index (χ0) is 23.4. The van der Waals surface area contributed by atoms with Crippen molar-refractivity contribution >= 4 is 15.9 Å². The molecule has 2 aliphatic heterocycles. The molecule has 1 amide bonds. The van der Waals surface area contributed by atoms with Crippen LogP contribution in [-0.2, 0) is 21.2 Å². The molecule has 178 valence electrons. The van der Waals surface area contributed by atoms with Crippen LogP contribution in [0.2, 0.25) is 0 Å². The van der Waals surface area contributed by atoms with Crippen molar-refractivity contribution in [2.45, 2.75) is 24.2 Å². The largest absolute Gasteiger partial charge is 0.339 e. The molecule has 0 atom stereocenters. The maximum Gasteiger partial charge on any atom is 0.243 e. The molecule has 0 unspecified atom stereocenters. The van der Waals surface area contributed by atoms with Gasteiger partial charge in [0.2, 0.25) is 15.9 Å². The molecule has 6 nitrogen and oxygen atoms in total. The third-order valence-electron chi connectivity index (χ3n) is 6.53. The van der Waals surface area contributed by atoms with Crippen LogP contribution in [0.4, 0.5) is 8.78 Å². The van der Waals surface area contributed by atoms with E-state index in [4.69, 9.17) is 0 Å². The lowest BCUT2D eigenvalue weighted by Crippen LogP contribution is -2.53. The van der Waals surface area contributed by atoms with Crippen molar-refractivity contribution in [3.05, 3.63) is 65.7 Å². The molecule has 0 aromatic heterocycles. The average Bonchev–Trinajstić information content (AvgIpc) is 2.82. The highest BCUT2D eigenvalue weighted by atomic mass is 32.2. The monoisotopic (exact) mass is 477 g/mol. The second-order valence-electron chi connectivity index (χ2n) is 8.79. The fourth-order valence-corrected chi connectivity index (χ4v) is 6.00. The van der Waals surface area contributed by atoms with Gasteiger partial charge in [-0.25, -0.2) is 17.2 Å². The number of carbonyl (C=O) groups excluding carboxylic acids is 1. The summed E-state index contributed by atoms with van der Waals surface area (Å²) in [5, 5.41) is 0. The van der Waals surface area contributed by atoms with E-state index in [1.54, 1.807) is 4.90 Å². The summed E-state index contributed by atoms with van der Waals surface area (Å²) in [6.07, 6.45) is 2.90. The molecule has 2 aromatic rings. The molecule has 4 rings (SSSR count). The molecule has 2 heterocycles. The molecular formula is C24H29F2N3O3S. The highest BCUT2D eigenvalue weighted by Gasteiger charge is 2.31. The molecule has 2 aromatic carbocycles. The second kappa shape index (κ2) is 10.3. The van der Waals surface area contributed by atoms with E-state index in [1.807, 2.05) is 12.1 Å². The number of piperidine rings is 1. The first-order chi connectivity index (χ1) is 15.8. The van der Waals surface area contributed by atoms with Crippen molar-refractivity contribution < 1.29 is 22.0 Å². The minimum absolute atomic E-state index is 0.00906. The van der Waals surface area contributed by atoms with Gasteiger partial charge in [-0.3, -0.25) is 9.69 Å². The van der Waals surface area contributed by atoms with Crippen molar-refractivity contribution in [3.63, 3.8) is 0 Å². The van der Waals surface area contributed by atoms with E-state index in [-0.39, 0.29) is 29.7 Å². The quantitative estimate of drug-likeness (QED) is 0.642. The van der Waals surface area contributed by atoms with Crippen LogP contribution in [0.5, 0.6) is 0 Å². The summed E-state index contributed by atoms with van der Waals surface area (Å²) in [4.78, 5) is 16.6. The van der Waals surface area contributed by atoms with Crippen LogP contribution >= 0.6 is 0 Å². The molecule has 0 saturated carbocycles. The van der Waals surface area contributed by atoms with Crippen LogP contribution in [-0.4, -0.2) is 74.2 Å². The molecule has 2 aliphatic rings. The van der Waals surface area contributed by atoms with Crippen molar-refractivity contribution in [2.75, 3.05) is 45.8 Å². The number of halogens is 2. The van der Waals surface area contributed by atoms with Gasteiger partial charge in [0.15, 0.2) is 0 Å². The fourth-order valence-electron chi connectivity index (χ4n) is 4.55. The number of benzene rings is 2. The highest BCUT2D eigenvalue weighted by molar-refractivity contribution is 7.89. The smallest absolute Gasteiger partial charge is 0.243 e. The number of rotatable bonds is 6. The summed E-state index contributed by atoms with van der Waals surface area (Å²) in [6, 6.07) is 11.6. The predicted octanol–water partition coefficient (Wildman–Crippen LogP) is 2.75. The molecule has 2 fully saturated rings. The maximum atomic E-state index is 13.4. The van der Waals surface area contributed by atoms with Gasteiger partial charge in [-0.05, 0) is 74.2 Å². The van der Waals surface area contributed by atoms with E-state index in [0.29, 0.717) is 25.6 Å². The number of piperazine rings is 1. The lowest BCUT2D eigenvalue weighted by atomic mass is 9.90. The van der Waals surface area contributed by atoms with Gasteiger partial charge < -0.3 is 4.90 Å². The fraction of sp³-hybridized carbons (Fsp3) is 0.458. The Kier molecular flexibility index (Phi) is 7.41. The highest BCUT2D eigenvalue weighted by Crippen LogP contribution is 2.22. The van der Waals surface area contributed by atoms with Crippen LogP contribution in [0.3, 0.4) is 0 Å². The molecule has 0 spiro atoms. The summed E-state index contributed by atoms with van der Waals surface area (Å²) >= 11 is 0. The second-order valence-corrected chi connectivity index (χ2v) is 10.7. The first-order valence-electron chi connectivity index (χ1n) is 11.3. The summed E-state index contributed by atoms with van der Waals surface area (Å²) in [6.45, 7) is 3.06. The lowest BCUT2D eigenvalue weighted by molar-refractivity contribution is -0.134. The molecule has 9 heteroatoms. The van der Waals surface area contributed by atoms with E-state index >= 15 is 0 Å². The van der Waals surface area contributed by atoms with Crippen LogP contribution in [0.25, 0.3) is 0 Å². The molecular weight excluding hydrogens is 448 g/mol. The molecule has 0 radical (unpaired) electrons. The Labute approximate surface area is 193 Å². The van der Waals surface area contributed by atoms with E-state index in [1.165, 1.54) is 34.6 Å². The van der Waals surface area contributed by atoms with Crippen molar-refractivity contribution in [1.29, 1.82) is 0 Å². The van der Waals surface area contributed by atoms with Crippen molar-refractivity contribution in [3.8, 4) is 0 Å². The number of likely N-dealkylation sites (tertiary alicyclic amines) is 1.